The predicted molar refractivity (Wildman–Crippen MR) is 105 cm³/mol. The van der Waals surface area contributed by atoms with E-state index in [1.807, 2.05) is 24.3 Å². The van der Waals surface area contributed by atoms with Gasteiger partial charge in [0.25, 0.3) is 0 Å². The molecule has 0 radical (unpaired) electrons. The van der Waals surface area contributed by atoms with Crippen molar-refractivity contribution in [1.29, 1.82) is 0 Å². The van der Waals surface area contributed by atoms with Crippen LogP contribution in [0.1, 0.15) is 18.4 Å². The van der Waals surface area contributed by atoms with E-state index >= 15 is 0 Å². The van der Waals surface area contributed by atoms with E-state index in [1.165, 1.54) is 5.56 Å². The van der Waals surface area contributed by atoms with Crippen LogP contribution in [-0.4, -0.2) is 23.9 Å². The highest BCUT2D eigenvalue weighted by atomic mass is 35.5. The Balaban J connectivity index is 1.60. The van der Waals surface area contributed by atoms with Gasteiger partial charge in [-0.15, -0.1) is 0 Å². The molecule has 1 heterocycles. The van der Waals surface area contributed by atoms with E-state index in [1.54, 1.807) is 18.2 Å². The zero-order valence-electron chi connectivity index (χ0n) is 13.6. The standard InChI is InChI=1S/C19H19Cl3N2O/c20-15-5-3-13(4-6-15)11-24-7-1-2-14(12-24)19(25)23-18-9-16(21)8-17(22)10-18/h3-6,8-10,14H,1-2,7,11-12H2,(H,23,25). The average Bonchev–Trinajstić information content (AvgIpc) is 2.56. The largest absolute Gasteiger partial charge is 0.326 e. The van der Waals surface area contributed by atoms with Gasteiger partial charge in [0.2, 0.25) is 5.91 Å². The van der Waals surface area contributed by atoms with Crippen LogP contribution in [0.3, 0.4) is 0 Å². The molecule has 1 aliphatic rings. The quantitative estimate of drug-likeness (QED) is 0.739. The Bertz CT molecular complexity index is 729. The number of likely N-dealkylation sites (tertiary alicyclic amines) is 1. The van der Waals surface area contributed by atoms with Crippen molar-refractivity contribution < 1.29 is 4.79 Å². The van der Waals surface area contributed by atoms with Crippen LogP contribution in [0.5, 0.6) is 0 Å². The number of nitrogens with zero attached hydrogens (tertiary/aromatic N) is 1. The number of hydrogen-bond acceptors (Lipinski definition) is 2. The fourth-order valence-corrected chi connectivity index (χ4v) is 3.78. The van der Waals surface area contributed by atoms with E-state index in [9.17, 15) is 4.79 Å². The molecule has 0 saturated carbocycles. The minimum atomic E-state index is -0.0428. The van der Waals surface area contributed by atoms with Crippen molar-refractivity contribution >= 4 is 46.4 Å². The molecule has 1 atom stereocenters. The number of rotatable bonds is 4. The number of hydrogen-bond donors (Lipinski definition) is 1. The van der Waals surface area contributed by atoms with Crippen LogP contribution in [0, 0.1) is 5.92 Å². The van der Waals surface area contributed by atoms with Gasteiger partial charge in [0.15, 0.2) is 0 Å². The maximum Gasteiger partial charge on any atom is 0.228 e. The Morgan fingerprint density at radius 2 is 1.72 bits per heavy atom. The number of carbonyl (C=O) groups excluding carboxylic acids is 1. The number of piperidine rings is 1. The first-order valence-corrected chi connectivity index (χ1v) is 9.37. The summed E-state index contributed by atoms with van der Waals surface area (Å²) in [5.74, 6) is -0.0297. The molecule has 1 saturated heterocycles. The monoisotopic (exact) mass is 396 g/mol. The Morgan fingerprint density at radius 1 is 1.04 bits per heavy atom. The predicted octanol–water partition coefficient (Wildman–Crippen LogP) is 5.50. The molecule has 1 amide bonds. The van der Waals surface area contributed by atoms with Gasteiger partial charge in [-0.1, -0.05) is 46.9 Å². The molecular formula is C19H19Cl3N2O. The molecule has 0 aliphatic carbocycles. The summed E-state index contributed by atoms with van der Waals surface area (Å²) in [6, 6.07) is 12.9. The lowest BCUT2D eigenvalue weighted by Crippen LogP contribution is -2.40. The van der Waals surface area contributed by atoms with Gasteiger partial charge in [-0.05, 0) is 55.3 Å². The van der Waals surface area contributed by atoms with Crippen LogP contribution in [0.2, 0.25) is 15.1 Å². The number of benzene rings is 2. The summed E-state index contributed by atoms with van der Waals surface area (Å²) in [7, 11) is 0. The third-order valence-corrected chi connectivity index (χ3v) is 5.01. The van der Waals surface area contributed by atoms with E-state index in [0.29, 0.717) is 15.7 Å². The van der Waals surface area contributed by atoms with Crippen LogP contribution in [0.25, 0.3) is 0 Å². The van der Waals surface area contributed by atoms with Gasteiger partial charge in [-0.25, -0.2) is 0 Å². The molecule has 6 heteroatoms. The van der Waals surface area contributed by atoms with Crippen molar-refractivity contribution in [2.75, 3.05) is 18.4 Å². The SMILES string of the molecule is O=C(Nc1cc(Cl)cc(Cl)c1)C1CCCN(Cc2ccc(Cl)cc2)C1. The number of carbonyl (C=O) groups is 1. The van der Waals surface area contributed by atoms with E-state index < -0.39 is 0 Å². The summed E-state index contributed by atoms with van der Waals surface area (Å²) in [5.41, 5.74) is 1.84. The highest BCUT2D eigenvalue weighted by molar-refractivity contribution is 6.35. The highest BCUT2D eigenvalue weighted by Gasteiger charge is 2.26. The van der Waals surface area contributed by atoms with Gasteiger partial charge in [-0.2, -0.15) is 0 Å². The lowest BCUT2D eigenvalue weighted by atomic mass is 9.96. The van der Waals surface area contributed by atoms with E-state index in [0.717, 1.165) is 37.5 Å². The first-order chi connectivity index (χ1) is 12.0. The molecule has 2 aromatic rings. The molecule has 25 heavy (non-hydrogen) atoms. The van der Waals surface area contributed by atoms with Crippen molar-refractivity contribution in [3.8, 4) is 0 Å². The van der Waals surface area contributed by atoms with Crippen LogP contribution in [0.4, 0.5) is 5.69 Å². The lowest BCUT2D eigenvalue weighted by Gasteiger charge is -2.32. The van der Waals surface area contributed by atoms with Crippen molar-refractivity contribution in [1.82, 2.24) is 4.90 Å². The Labute approximate surface area is 162 Å². The number of anilines is 1. The zero-order valence-corrected chi connectivity index (χ0v) is 15.9. The molecule has 1 N–H and O–H groups in total. The van der Waals surface area contributed by atoms with Crippen LogP contribution < -0.4 is 5.32 Å². The van der Waals surface area contributed by atoms with Crippen molar-refractivity contribution in [3.05, 3.63) is 63.1 Å². The minimum Gasteiger partial charge on any atom is -0.326 e. The number of nitrogens with one attached hydrogen (secondary N) is 1. The molecule has 3 rings (SSSR count). The maximum atomic E-state index is 12.6. The highest BCUT2D eigenvalue weighted by Crippen LogP contribution is 2.25. The van der Waals surface area contributed by atoms with Gasteiger partial charge < -0.3 is 5.32 Å². The normalized spacial score (nSPS) is 18.1. The summed E-state index contributed by atoms with van der Waals surface area (Å²) in [6.07, 6.45) is 1.89. The first-order valence-electron chi connectivity index (χ1n) is 8.23. The third kappa shape index (κ3) is 5.35. The summed E-state index contributed by atoms with van der Waals surface area (Å²) in [4.78, 5) is 14.9. The Morgan fingerprint density at radius 3 is 2.40 bits per heavy atom. The topological polar surface area (TPSA) is 32.3 Å². The summed E-state index contributed by atoms with van der Waals surface area (Å²) in [5, 5.41) is 4.69. The molecule has 1 aliphatic heterocycles. The van der Waals surface area contributed by atoms with Gasteiger partial charge in [-0.3, -0.25) is 9.69 Å². The average molecular weight is 398 g/mol. The summed E-state index contributed by atoms with van der Waals surface area (Å²) in [6.45, 7) is 2.56. The zero-order chi connectivity index (χ0) is 17.8. The summed E-state index contributed by atoms with van der Waals surface area (Å²) >= 11 is 17.9. The molecule has 1 unspecified atom stereocenters. The lowest BCUT2D eigenvalue weighted by molar-refractivity contribution is -0.121. The molecule has 1 fully saturated rings. The molecule has 3 nitrogen and oxygen atoms in total. The van der Waals surface area contributed by atoms with Gasteiger partial charge in [0, 0.05) is 33.8 Å². The smallest absolute Gasteiger partial charge is 0.228 e. The first kappa shape index (κ1) is 18.5. The molecule has 132 valence electrons. The Hall–Kier alpha value is -1.26. The van der Waals surface area contributed by atoms with Gasteiger partial charge in [0.05, 0.1) is 5.92 Å². The number of halogens is 3. The second kappa shape index (κ2) is 8.41. The Kier molecular flexibility index (Phi) is 6.24. The van der Waals surface area contributed by atoms with Gasteiger partial charge in [0.1, 0.15) is 0 Å². The minimum absolute atomic E-state index is 0.0131. The van der Waals surface area contributed by atoms with Crippen LogP contribution in [0.15, 0.2) is 42.5 Å². The molecule has 0 spiro atoms. The fraction of sp³-hybridized carbons (Fsp3) is 0.316. The van der Waals surface area contributed by atoms with Crippen molar-refractivity contribution in [2.24, 2.45) is 5.92 Å². The van der Waals surface area contributed by atoms with Gasteiger partial charge >= 0.3 is 0 Å². The van der Waals surface area contributed by atoms with E-state index in [-0.39, 0.29) is 11.8 Å². The van der Waals surface area contributed by atoms with Crippen molar-refractivity contribution in [3.63, 3.8) is 0 Å². The number of amides is 1. The summed E-state index contributed by atoms with van der Waals surface area (Å²) < 4.78 is 0. The van der Waals surface area contributed by atoms with E-state index in [4.69, 9.17) is 34.8 Å². The molecule has 0 bridgehead atoms. The third-order valence-electron chi connectivity index (χ3n) is 4.33. The van der Waals surface area contributed by atoms with Crippen LogP contribution in [-0.2, 0) is 11.3 Å². The second-order valence-corrected chi connectivity index (χ2v) is 7.66. The van der Waals surface area contributed by atoms with E-state index in [2.05, 4.69) is 10.2 Å². The second-order valence-electron chi connectivity index (χ2n) is 6.35. The fourth-order valence-electron chi connectivity index (χ4n) is 3.13. The molecule has 2 aromatic carbocycles. The van der Waals surface area contributed by atoms with Crippen molar-refractivity contribution in [2.45, 2.75) is 19.4 Å². The molecule has 0 aromatic heterocycles. The maximum absolute atomic E-state index is 12.6. The van der Waals surface area contributed by atoms with Crippen LogP contribution >= 0.6 is 34.8 Å². The molecular weight excluding hydrogens is 379 g/mol.